The van der Waals surface area contributed by atoms with Gasteiger partial charge in [0.05, 0.1) is 6.42 Å². The van der Waals surface area contributed by atoms with Crippen LogP contribution in [0.25, 0.3) is 0 Å². The Bertz CT molecular complexity index is 473. The molecule has 4 nitrogen and oxygen atoms in total. The molecule has 1 aromatic carbocycles. The standard InChI is InChI=1S/C14H19F2N3O/c15-12-2-1-11(9-13(12)16)10-14(20)19-7-5-18(4-3-17)6-8-19/h1-2,9H,3-8,10,17H2. The number of benzene rings is 1. The van der Waals surface area contributed by atoms with E-state index in [1.807, 2.05) is 0 Å². The van der Waals surface area contributed by atoms with E-state index < -0.39 is 11.6 Å². The zero-order valence-electron chi connectivity index (χ0n) is 11.3. The molecular formula is C14H19F2N3O. The van der Waals surface area contributed by atoms with E-state index in [9.17, 15) is 13.6 Å². The zero-order valence-corrected chi connectivity index (χ0v) is 11.3. The molecule has 0 bridgehead atoms. The van der Waals surface area contributed by atoms with Gasteiger partial charge in [-0.25, -0.2) is 8.78 Å². The Labute approximate surface area is 117 Å². The number of amides is 1. The van der Waals surface area contributed by atoms with Gasteiger partial charge >= 0.3 is 0 Å². The van der Waals surface area contributed by atoms with Gasteiger partial charge in [-0.2, -0.15) is 0 Å². The first-order chi connectivity index (χ1) is 9.60. The molecule has 2 N–H and O–H groups in total. The van der Waals surface area contributed by atoms with Gasteiger partial charge in [0.15, 0.2) is 11.6 Å². The number of carbonyl (C=O) groups excluding carboxylic acids is 1. The molecule has 1 aromatic rings. The van der Waals surface area contributed by atoms with E-state index in [0.717, 1.165) is 31.8 Å². The maximum atomic E-state index is 13.1. The predicted molar refractivity (Wildman–Crippen MR) is 72.1 cm³/mol. The summed E-state index contributed by atoms with van der Waals surface area (Å²) in [4.78, 5) is 16.1. The molecule has 1 aliphatic rings. The number of piperazine rings is 1. The summed E-state index contributed by atoms with van der Waals surface area (Å²) in [5.74, 6) is -1.86. The van der Waals surface area contributed by atoms with Crippen LogP contribution in [-0.2, 0) is 11.2 Å². The molecule has 1 amide bonds. The van der Waals surface area contributed by atoms with Crippen molar-refractivity contribution in [1.29, 1.82) is 0 Å². The highest BCUT2D eigenvalue weighted by molar-refractivity contribution is 5.78. The fourth-order valence-corrected chi connectivity index (χ4v) is 2.34. The Morgan fingerprint density at radius 2 is 1.85 bits per heavy atom. The zero-order chi connectivity index (χ0) is 14.5. The number of halogens is 2. The number of nitrogens with zero attached hydrogens (tertiary/aromatic N) is 2. The molecule has 1 fully saturated rings. The predicted octanol–water partition coefficient (Wildman–Crippen LogP) is 0.610. The van der Waals surface area contributed by atoms with Crippen molar-refractivity contribution in [2.24, 2.45) is 5.73 Å². The first-order valence-electron chi connectivity index (χ1n) is 6.74. The summed E-state index contributed by atoms with van der Waals surface area (Å²) in [7, 11) is 0. The second kappa shape index (κ2) is 6.76. The Morgan fingerprint density at radius 3 is 2.45 bits per heavy atom. The van der Waals surface area contributed by atoms with Gasteiger partial charge in [0.2, 0.25) is 5.91 Å². The first-order valence-corrected chi connectivity index (χ1v) is 6.74. The molecule has 0 aromatic heterocycles. The largest absolute Gasteiger partial charge is 0.340 e. The van der Waals surface area contributed by atoms with Crippen LogP contribution in [0.5, 0.6) is 0 Å². The van der Waals surface area contributed by atoms with Gasteiger partial charge < -0.3 is 10.6 Å². The van der Waals surface area contributed by atoms with Gasteiger partial charge in [-0.05, 0) is 17.7 Å². The van der Waals surface area contributed by atoms with Crippen LogP contribution >= 0.6 is 0 Å². The molecule has 6 heteroatoms. The number of carbonyl (C=O) groups is 1. The molecule has 0 aliphatic carbocycles. The summed E-state index contributed by atoms with van der Waals surface area (Å²) in [5, 5.41) is 0. The average Bonchev–Trinajstić information content (AvgIpc) is 2.44. The van der Waals surface area contributed by atoms with Crippen molar-refractivity contribution in [3.05, 3.63) is 35.4 Å². The molecule has 20 heavy (non-hydrogen) atoms. The third-order valence-corrected chi connectivity index (χ3v) is 3.51. The van der Waals surface area contributed by atoms with Crippen molar-refractivity contribution in [3.63, 3.8) is 0 Å². The maximum Gasteiger partial charge on any atom is 0.227 e. The summed E-state index contributed by atoms with van der Waals surface area (Å²) >= 11 is 0. The van der Waals surface area contributed by atoms with Gasteiger partial charge in [0, 0.05) is 39.3 Å². The van der Waals surface area contributed by atoms with E-state index >= 15 is 0 Å². The van der Waals surface area contributed by atoms with E-state index in [0.29, 0.717) is 25.2 Å². The number of hydrogen-bond donors (Lipinski definition) is 1. The number of nitrogens with two attached hydrogens (primary N) is 1. The second-order valence-electron chi connectivity index (χ2n) is 4.94. The average molecular weight is 283 g/mol. The molecular weight excluding hydrogens is 264 g/mol. The lowest BCUT2D eigenvalue weighted by atomic mass is 10.1. The number of rotatable bonds is 4. The minimum absolute atomic E-state index is 0.0524. The van der Waals surface area contributed by atoms with Crippen LogP contribution in [0.4, 0.5) is 8.78 Å². The molecule has 1 saturated heterocycles. The van der Waals surface area contributed by atoms with Crippen molar-refractivity contribution in [1.82, 2.24) is 9.80 Å². The minimum Gasteiger partial charge on any atom is -0.340 e. The van der Waals surface area contributed by atoms with Gasteiger partial charge in [-0.1, -0.05) is 6.07 Å². The Kier molecular flexibility index (Phi) is 5.03. The highest BCUT2D eigenvalue weighted by Gasteiger charge is 2.20. The van der Waals surface area contributed by atoms with E-state index in [1.54, 1.807) is 4.90 Å². The van der Waals surface area contributed by atoms with Gasteiger partial charge in [0.1, 0.15) is 0 Å². The maximum absolute atomic E-state index is 13.1. The molecule has 0 radical (unpaired) electrons. The normalized spacial score (nSPS) is 16.4. The lowest BCUT2D eigenvalue weighted by Crippen LogP contribution is -2.50. The number of hydrogen-bond acceptors (Lipinski definition) is 3. The van der Waals surface area contributed by atoms with Crippen LogP contribution in [0.3, 0.4) is 0 Å². The van der Waals surface area contributed by atoms with E-state index in [-0.39, 0.29) is 12.3 Å². The van der Waals surface area contributed by atoms with E-state index in [2.05, 4.69) is 4.90 Å². The fourth-order valence-electron chi connectivity index (χ4n) is 2.34. The summed E-state index contributed by atoms with van der Waals surface area (Å²) in [6.45, 7) is 4.38. The second-order valence-corrected chi connectivity index (χ2v) is 4.94. The first kappa shape index (κ1) is 14.9. The lowest BCUT2D eigenvalue weighted by Gasteiger charge is -2.34. The van der Waals surface area contributed by atoms with Gasteiger partial charge in [0.25, 0.3) is 0 Å². The van der Waals surface area contributed by atoms with Gasteiger partial charge in [-0.15, -0.1) is 0 Å². The fraction of sp³-hybridized carbons (Fsp3) is 0.500. The highest BCUT2D eigenvalue weighted by Crippen LogP contribution is 2.11. The summed E-state index contributed by atoms with van der Waals surface area (Å²) < 4.78 is 25.9. The van der Waals surface area contributed by atoms with E-state index in [1.165, 1.54) is 6.07 Å². The molecule has 0 atom stereocenters. The van der Waals surface area contributed by atoms with Crippen LogP contribution in [0.2, 0.25) is 0 Å². The molecule has 2 rings (SSSR count). The Hall–Kier alpha value is -1.53. The highest BCUT2D eigenvalue weighted by atomic mass is 19.2. The van der Waals surface area contributed by atoms with E-state index in [4.69, 9.17) is 5.73 Å². The summed E-state index contributed by atoms with van der Waals surface area (Å²) in [5.41, 5.74) is 5.99. The van der Waals surface area contributed by atoms with Crippen molar-refractivity contribution < 1.29 is 13.6 Å². The van der Waals surface area contributed by atoms with Crippen molar-refractivity contribution in [2.75, 3.05) is 39.3 Å². The smallest absolute Gasteiger partial charge is 0.227 e. The van der Waals surface area contributed by atoms with Crippen LogP contribution < -0.4 is 5.73 Å². The van der Waals surface area contributed by atoms with Crippen molar-refractivity contribution in [2.45, 2.75) is 6.42 Å². The molecule has 1 heterocycles. The van der Waals surface area contributed by atoms with Crippen LogP contribution in [0.15, 0.2) is 18.2 Å². The minimum atomic E-state index is -0.914. The summed E-state index contributed by atoms with van der Waals surface area (Å²) in [6, 6.07) is 3.58. The molecule has 0 saturated carbocycles. The SMILES string of the molecule is NCCN1CCN(C(=O)Cc2ccc(F)c(F)c2)CC1. The lowest BCUT2D eigenvalue weighted by molar-refractivity contribution is -0.132. The Balaban J connectivity index is 1.88. The van der Waals surface area contributed by atoms with Crippen LogP contribution in [0.1, 0.15) is 5.56 Å². The third-order valence-electron chi connectivity index (χ3n) is 3.51. The topological polar surface area (TPSA) is 49.6 Å². The molecule has 1 aliphatic heterocycles. The Morgan fingerprint density at radius 1 is 1.15 bits per heavy atom. The van der Waals surface area contributed by atoms with Gasteiger partial charge in [-0.3, -0.25) is 9.69 Å². The summed E-state index contributed by atoms with van der Waals surface area (Å²) in [6.07, 6.45) is 0.105. The molecule has 110 valence electrons. The van der Waals surface area contributed by atoms with Crippen molar-refractivity contribution in [3.8, 4) is 0 Å². The van der Waals surface area contributed by atoms with Crippen LogP contribution in [0, 0.1) is 11.6 Å². The molecule has 0 unspecified atom stereocenters. The van der Waals surface area contributed by atoms with Crippen molar-refractivity contribution >= 4 is 5.91 Å². The van der Waals surface area contributed by atoms with Crippen LogP contribution in [-0.4, -0.2) is 55.0 Å². The molecule has 0 spiro atoms. The quantitative estimate of drug-likeness (QED) is 0.881. The monoisotopic (exact) mass is 283 g/mol. The third kappa shape index (κ3) is 3.74.